The van der Waals surface area contributed by atoms with Crippen LogP contribution in [-0.4, -0.2) is 65.7 Å². The molecule has 242 valence electrons. The summed E-state index contributed by atoms with van der Waals surface area (Å²) in [5, 5.41) is 6.14. The third-order valence-electron chi connectivity index (χ3n) is 11.4. The first-order valence-electron chi connectivity index (χ1n) is 16.7. The Labute approximate surface area is 263 Å². The van der Waals surface area contributed by atoms with Crippen LogP contribution in [0, 0.1) is 29.1 Å². The maximum atomic E-state index is 14.2. The fourth-order valence-corrected chi connectivity index (χ4v) is 8.33. The van der Waals surface area contributed by atoms with Crippen LogP contribution in [0.15, 0.2) is 30.3 Å². The van der Waals surface area contributed by atoms with Crippen molar-refractivity contribution < 1.29 is 28.4 Å². The third-order valence-corrected chi connectivity index (χ3v) is 11.4. The maximum Gasteiger partial charge on any atom is 0.481 e. The molecule has 2 saturated heterocycles. The number of carbonyl (C=O) groups is 3. The number of rotatable bonds is 11. The number of amides is 3. The van der Waals surface area contributed by atoms with E-state index in [9.17, 15) is 14.4 Å². The van der Waals surface area contributed by atoms with Crippen molar-refractivity contribution in [2.24, 2.45) is 29.1 Å². The molecule has 1 aromatic carbocycles. The van der Waals surface area contributed by atoms with Crippen molar-refractivity contribution in [3.05, 3.63) is 35.9 Å². The van der Waals surface area contributed by atoms with E-state index in [4.69, 9.17) is 14.0 Å². The zero-order valence-corrected chi connectivity index (χ0v) is 27.9. The highest BCUT2D eigenvalue weighted by Gasteiger charge is 2.68. The first-order chi connectivity index (χ1) is 20.7. The van der Waals surface area contributed by atoms with Gasteiger partial charge in [0.25, 0.3) is 0 Å². The zero-order chi connectivity index (χ0) is 32.0. The summed E-state index contributed by atoms with van der Waals surface area (Å²) < 4.78 is 18.7. The average Bonchev–Trinajstić information content (AvgIpc) is 3.50. The number of carbonyl (C=O) groups excluding carboxylic acids is 3. The normalized spacial score (nSPS) is 31.9. The molecule has 44 heavy (non-hydrogen) atoms. The van der Waals surface area contributed by atoms with E-state index in [1.165, 1.54) is 0 Å². The molecule has 1 aromatic rings. The molecule has 3 aliphatic carbocycles. The lowest BCUT2D eigenvalue weighted by Gasteiger charge is -2.64. The van der Waals surface area contributed by atoms with Crippen LogP contribution in [0.5, 0.6) is 0 Å². The lowest BCUT2D eigenvalue weighted by molar-refractivity contribution is -0.199. The Hall–Kier alpha value is -2.59. The average molecular weight is 610 g/mol. The van der Waals surface area contributed by atoms with E-state index in [0.717, 1.165) is 18.4 Å². The lowest BCUT2D eigenvalue weighted by atomic mass is 9.43. The SMILES string of the molecule is CC[C@H](NC(=O)[C@H](CC(C)C)N1CCC(NC(=O)OCc2ccccc2)(C(C)C)C1=O)B1OC2C[C@H]3C[C@H](C3(C)C)[C@]2(C)O1. The van der Waals surface area contributed by atoms with Crippen LogP contribution in [0.25, 0.3) is 0 Å². The van der Waals surface area contributed by atoms with Gasteiger partial charge in [0.05, 0.1) is 17.6 Å². The third kappa shape index (κ3) is 5.77. The number of nitrogens with one attached hydrogen (secondary N) is 2. The van der Waals surface area contributed by atoms with Crippen molar-refractivity contribution in [2.75, 3.05) is 6.54 Å². The molecule has 0 aromatic heterocycles. The summed E-state index contributed by atoms with van der Waals surface area (Å²) in [6.45, 7) is 17.3. The van der Waals surface area contributed by atoms with Crippen LogP contribution < -0.4 is 10.6 Å². The topological polar surface area (TPSA) is 106 Å². The van der Waals surface area contributed by atoms with Gasteiger partial charge in [0.2, 0.25) is 11.8 Å². The number of alkyl carbamates (subject to hydrolysis) is 1. The lowest BCUT2D eigenvalue weighted by Crippen LogP contribution is -2.65. The van der Waals surface area contributed by atoms with Gasteiger partial charge in [-0.25, -0.2) is 4.79 Å². The van der Waals surface area contributed by atoms with Crippen molar-refractivity contribution in [1.82, 2.24) is 15.5 Å². The molecule has 2 N–H and O–H groups in total. The largest absolute Gasteiger partial charge is 0.481 e. The summed E-state index contributed by atoms with van der Waals surface area (Å²) in [5.74, 6) is 0.266. The minimum absolute atomic E-state index is 0.0289. The Bertz CT molecular complexity index is 1230. The fourth-order valence-electron chi connectivity index (χ4n) is 8.33. The van der Waals surface area contributed by atoms with Gasteiger partial charge in [-0.1, -0.05) is 78.8 Å². The number of benzene rings is 1. The van der Waals surface area contributed by atoms with Gasteiger partial charge >= 0.3 is 13.2 Å². The Morgan fingerprint density at radius 1 is 1.11 bits per heavy atom. The quantitative estimate of drug-likeness (QED) is 0.338. The first-order valence-corrected chi connectivity index (χ1v) is 16.7. The summed E-state index contributed by atoms with van der Waals surface area (Å²) in [6, 6.07) is 8.76. The van der Waals surface area contributed by atoms with E-state index in [1.54, 1.807) is 4.90 Å². The fraction of sp³-hybridized carbons (Fsp3) is 0.735. The Kier molecular flexibility index (Phi) is 9.18. The van der Waals surface area contributed by atoms with Crippen LogP contribution in [0.2, 0.25) is 0 Å². The van der Waals surface area contributed by atoms with Gasteiger partial charge in [-0.15, -0.1) is 0 Å². The predicted octanol–water partition coefficient (Wildman–Crippen LogP) is 5.12. The molecule has 3 amide bonds. The van der Waals surface area contributed by atoms with Gasteiger partial charge < -0.3 is 29.6 Å². The van der Waals surface area contributed by atoms with E-state index in [1.807, 2.05) is 51.1 Å². The van der Waals surface area contributed by atoms with Gasteiger partial charge in [-0.05, 0) is 73.7 Å². The second-order valence-corrected chi connectivity index (χ2v) is 15.1. The van der Waals surface area contributed by atoms with E-state index in [-0.39, 0.29) is 53.3 Å². The van der Waals surface area contributed by atoms with E-state index >= 15 is 0 Å². The van der Waals surface area contributed by atoms with Gasteiger partial charge in [0.15, 0.2) is 0 Å². The minimum Gasteiger partial charge on any atom is -0.445 e. The van der Waals surface area contributed by atoms with Gasteiger partial charge in [-0.2, -0.15) is 0 Å². The molecule has 0 radical (unpaired) electrons. The molecule has 2 aliphatic heterocycles. The first kappa shape index (κ1) is 32.8. The monoisotopic (exact) mass is 609 g/mol. The van der Waals surface area contributed by atoms with Crippen LogP contribution >= 0.6 is 0 Å². The van der Waals surface area contributed by atoms with Crippen molar-refractivity contribution in [3.63, 3.8) is 0 Å². The van der Waals surface area contributed by atoms with Gasteiger partial charge in [0.1, 0.15) is 18.2 Å². The predicted molar refractivity (Wildman–Crippen MR) is 169 cm³/mol. The summed E-state index contributed by atoms with van der Waals surface area (Å²) in [4.78, 5) is 42.8. The molecule has 6 rings (SSSR count). The van der Waals surface area contributed by atoms with Crippen molar-refractivity contribution in [1.29, 1.82) is 0 Å². The summed E-state index contributed by atoms with van der Waals surface area (Å²) in [7, 11) is -0.529. The molecule has 3 saturated carbocycles. The molecule has 10 heteroatoms. The summed E-state index contributed by atoms with van der Waals surface area (Å²) >= 11 is 0. The molecule has 2 heterocycles. The molecular weight excluding hydrogens is 557 g/mol. The Morgan fingerprint density at radius 3 is 2.43 bits per heavy atom. The highest BCUT2D eigenvalue weighted by atomic mass is 16.7. The smallest absolute Gasteiger partial charge is 0.445 e. The van der Waals surface area contributed by atoms with E-state index in [0.29, 0.717) is 37.6 Å². The molecular formula is C34H52BN3O6. The van der Waals surface area contributed by atoms with Crippen LogP contribution in [-0.2, 0) is 30.2 Å². The summed E-state index contributed by atoms with van der Waals surface area (Å²) in [5.41, 5.74) is -0.411. The molecule has 0 spiro atoms. The molecule has 9 nitrogen and oxygen atoms in total. The van der Waals surface area contributed by atoms with Crippen molar-refractivity contribution in [2.45, 2.75) is 123 Å². The number of ether oxygens (including phenoxy) is 1. The zero-order valence-electron chi connectivity index (χ0n) is 27.9. The molecule has 5 fully saturated rings. The number of hydrogen-bond donors (Lipinski definition) is 2. The number of likely N-dealkylation sites (tertiary alicyclic amines) is 1. The molecule has 2 bridgehead atoms. The molecule has 2 unspecified atom stereocenters. The molecule has 7 atom stereocenters. The standard InChI is InChI=1S/C34H52BN3O6/c1-9-28(35-43-27-19-24-18-26(32(24,6)7)33(27,8)44-35)36-29(39)25(17-21(2)3)38-16-15-34(22(4)5,30(38)40)37-31(41)42-20-23-13-11-10-12-14-23/h10-14,21-22,24-28H,9,15-20H2,1-8H3,(H,36,39)(H,37,41)/t24-,25+,26-,27?,28+,33+,34?/m1/s1. The van der Waals surface area contributed by atoms with Crippen molar-refractivity contribution >= 4 is 25.0 Å². The van der Waals surface area contributed by atoms with Crippen LogP contribution in [0.4, 0.5) is 4.79 Å². The van der Waals surface area contributed by atoms with Gasteiger partial charge in [-0.3, -0.25) is 9.59 Å². The van der Waals surface area contributed by atoms with Crippen LogP contribution in [0.1, 0.15) is 93.1 Å². The van der Waals surface area contributed by atoms with Gasteiger partial charge in [0, 0.05) is 6.54 Å². The van der Waals surface area contributed by atoms with E-state index < -0.39 is 24.8 Å². The highest BCUT2D eigenvalue weighted by molar-refractivity contribution is 6.47. The Balaban J connectivity index is 1.27. The highest BCUT2D eigenvalue weighted by Crippen LogP contribution is 2.65. The number of nitrogens with zero attached hydrogens (tertiary/aromatic N) is 1. The van der Waals surface area contributed by atoms with E-state index in [2.05, 4.69) is 45.3 Å². The Morgan fingerprint density at radius 2 is 1.82 bits per heavy atom. The molecule has 5 aliphatic rings. The van der Waals surface area contributed by atoms with Crippen LogP contribution in [0.3, 0.4) is 0 Å². The van der Waals surface area contributed by atoms with Crippen molar-refractivity contribution in [3.8, 4) is 0 Å². The maximum absolute atomic E-state index is 14.2. The summed E-state index contributed by atoms with van der Waals surface area (Å²) in [6.07, 6.45) is 3.09. The minimum atomic E-state index is -1.15. The second-order valence-electron chi connectivity index (χ2n) is 15.1. The number of hydrogen-bond acceptors (Lipinski definition) is 6. The second kappa shape index (κ2) is 12.3.